The number of nitrogens with one attached hydrogen (secondary N) is 2. The summed E-state index contributed by atoms with van der Waals surface area (Å²) in [7, 11) is 0. The molecule has 1 heterocycles. The lowest BCUT2D eigenvalue weighted by Crippen LogP contribution is -2.43. The van der Waals surface area contributed by atoms with Crippen LogP contribution < -0.4 is 16.6 Å². The van der Waals surface area contributed by atoms with Crippen molar-refractivity contribution in [2.24, 2.45) is 5.84 Å². The Morgan fingerprint density at radius 3 is 2.44 bits per heavy atom. The summed E-state index contributed by atoms with van der Waals surface area (Å²) in [6, 6.07) is 1.81. The number of amides is 2. The number of rotatable bonds is 2. The predicted molar refractivity (Wildman–Crippen MR) is 62.7 cm³/mol. The molecule has 0 saturated carbocycles. The number of hydrogen-bond acceptors (Lipinski definition) is 4. The van der Waals surface area contributed by atoms with Gasteiger partial charge in [0, 0.05) is 9.75 Å². The Labute approximate surface area is 98.0 Å². The molecule has 16 heavy (non-hydrogen) atoms. The van der Waals surface area contributed by atoms with Gasteiger partial charge in [-0.25, -0.2) is 5.84 Å². The minimum atomic E-state index is -0.837. The van der Waals surface area contributed by atoms with E-state index in [1.807, 2.05) is 26.8 Å². The lowest BCUT2D eigenvalue weighted by Gasteiger charge is -2.12. The van der Waals surface area contributed by atoms with Crippen molar-refractivity contribution >= 4 is 23.2 Å². The van der Waals surface area contributed by atoms with Crippen LogP contribution in [0.15, 0.2) is 6.07 Å². The first-order valence-electron chi connectivity index (χ1n) is 4.84. The molecule has 0 bridgehead atoms. The number of aryl methyl sites for hydroxylation is 2. The van der Waals surface area contributed by atoms with E-state index in [0.717, 1.165) is 10.4 Å². The highest BCUT2D eigenvalue weighted by atomic mass is 32.1. The Balaban J connectivity index is 2.72. The van der Waals surface area contributed by atoms with Gasteiger partial charge in [-0.05, 0) is 32.4 Å². The van der Waals surface area contributed by atoms with E-state index >= 15 is 0 Å². The first-order valence-corrected chi connectivity index (χ1v) is 5.65. The summed E-state index contributed by atoms with van der Waals surface area (Å²) in [6.45, 7) is 5.82. The van der Waals surface area contributed by atoms with Crippen molar-refractivity contribution in [3.8, 4) is 0 Å². The summed E-state index contributed by atoms with van der Waals surface area (Å²) in [4.78, 5) is 24.5. The van der Waals surface area contributed by atoms with Gasteiger partial charge in [0.25, 0.3) is 0 Å². The predicted octanol–water partition coefficient (Wildman–Crippen LogP) is 0.532. The Kier molecular flexibility index (Phi) is 4.03. The maximum Gasteiger partial charge on any atom is 0.323 e. The Bertz CT molecular complexity index is 414. The molecule has 0 aliphatic heterocycles. The van der Waals surface area contributed by atoms with Gasteiger partial charge in [-0.3, -0.25) is 15.0 Å². The van der Waals surface area contributed by atoms with Gasteiger partial charge in [-0.15, -0.1) is 11.3 Å². The van der Waals surface area contributed by atoms with E-state index in [1.165, 1.54) is 4.88 Å². The summed E-state index contributed by atoms with van der Waals surface area (Å²) in [5.41, 5.74) is 2.82. The van der Waals surface area contributed by atoms with Crippen LogP contribution in [-0.4, -0.2) is 11.8 Å². The summed E-state index contributed by atoms with van der Waals surface area (Å²) in [6.07, 6.45) is 0. The van der Waals surface area contributed by atoms with Gasteiger partial charge in [0.2, 0.25) is 0 Å². The highest BCUT2D eigenvalue weighted by Gasteiger charge is 2.17. The third-order valence-electron chi connectivity index (χ3n) is 2.23. The molecule has 0 aliphatic carbocycles. The van der Waals surface area contributed by atoms with Crippen molar-refractivity contribution < 1.29 is 9.59 Å². The maximum atomic E-state index is 11.3. The van der Waals surface area contributed by atoms with E-state index in [2.05, 4.69) is 5.32 Å². The highest BCUT2D eigenvalue weighted by molar-refractivity contribution is 7.12. The van der Waals surface area contributed by atoms with E-state index in [0.29, 0.717) is 0 Å². The zero-order valence-corrected chi connectivity index (χ0v) is 10.3. The largest absolute Gasteiger partial charge is 0.341 e. The van der Waals surface area contributed by atoms with Crippen LogP contribution in [0.3, 0.4) is 0 Å². The third kappa shape index (κ3) is 2.80. The third-order valence-corrected chi connectivity index (χ3v) is 3.21. The monoisotopic (exact) mass is 241 g/mol. The first-order chi connectivity index (χ1) is 7.45. The summed E-state index contributed by atoms with van der Waals surface area (Å²) in [5, 5.41) is 2.58. The van der Waals surface area contributed by atoms with Crippen LogP contribution >= 0.6 is 11.3 Å². The molecule has 1 aromatic rings. The number of thiophene rings is 1. The molecule has 4 N–H and O–H groups in total. The molecule has 0 fully saturated rings. The van der Waals surface area contributed by atoms with Gasteiger partial charge >= 0.3 is 11.8 Å². The number of hydrogen-bond donors (Lipinski definition) is 3. The molecule has 1 aromatic heterocycles. The van der Waals surface area contributed by atoms with Crippen molar-refractivity contribution in [3.05, 3.63) is 21.4 Å². The van der Waals surface area contributed by atoms with E-state index in [1.54, 1.807) is 16.8 Å². The van der Waals surface area contributed by atoms with Gasteiger partial charge in [0.15, 0.2) is 0 Å². The summed E-state index contributed by atoms with van der Waals surface area (Å²) in [5.74, 6) is 3.30. The van der Waals surface area contributed by atoms with Crippen LogP contribution in [0.2, 0.25) is 0 Å². The molecule has 5 nitrogen and oxygen atoms in total. The molecule has 0 saturated heterocycles. The van der Waals surface area contributed by atoms with E-state index in [9.17, 15) is 9.59 Å². The van der Waals surface area contributed by atoms with Gasteiger partial charge in [-0.1, -0.05) is 0 Å². The van der Waals surface area contributed by atoms with Crippen LogP contribution in [0.25, 0.3) is 0 Å². The SMILES string of the molecule is Cc1cc(C(C)NC(=O)C(=O)NN)c(C)s1. The zero-order valence-electron chi connectivity index (χ0n) is 9.46. The molecule has 1 unspecified atom stereocenters. The molecule has 1 rings (SSSR count). The highest BCUT2D eigenvalue weighted by Crippen LogP contribution is 2.25. The normalized spacial score (nSPS) is 12.0. The molecule has 6 heteroatoms. The topological polar surface area (TPSA) is 84.2 Å². The fourth-order valence-electron chi connectivity index (χ4n) is 1.49. The number of carbonyl (C=O) groups is 2. The minimum Gasteiger partial charge on any atom is -0.341 e. The van der Waals surface area contributed by atoms with Crippen LogP contribution in [0.4, 0.5) is 0 Å². The van der Waals surface area contributed by atoms with Crippen molar-refractivity contribution in [1.82, 2.24) is 10.7 Å². The summed E-state index contributed by atoms with van der Waals surface area (Å²) < 4.78 is 0. The minimum absolute atomic E-state index is 0.199. The molecule has 0 aliphatic rings. The van der Waals surface area contributed by atoms with Crippen LogP contribution in [-0.2, 0) is 9.59 Å². The Hall–Kier alpha value is -1.40. The van der Waals surface area contributed by atoms with E-state index in [-0.39, 0.29) is 6.04 Å². The smallest absolute Gasteiger partial charge is 0.323 e. The van der Waals surface area contributed by atoms with Crippen molar-refractivity contribution in [2.45, 2.75) is 26.8 Å². The van der Waals surface area contributed by atoms with Gasteiger partial charge in [0.1, 0.15) is 0 Å². The fraction of sp³-hybridized carbons (Fsp3) is 0.400. The van der Waals surface area contributed by atoms with Crippen molar-refractivity contribution in [2.75, 3.05) is 0 Å². The summed E-state index contributed by atoms with van der Waals surface area (Å²) >= 11 is 1.66. The van der Waals surface area contributed by atoms with Crippen LogP contribution in [0, 0.1) is 13.8 Å². The molecular formula is C10H15N3O2S. The first kappa shape index (κ1) is 12.7. The van der Waals surface area contributed by atoms with Crippen molar-refractivity contribution in [3.63, 3.8) is 0 Å². The lowest BCUT2D eigenvalue weighted by atomic mass is 10.1. The molecule has 0 aromatic carbocycles. The molecule has 0 radical (unpaired) electrons. The molecule has 2 amide bonds. The van der Waals surface area contributed by atoms with Gasteiger partial charge < -0.3 is 5.32 Å². The second-order valence-electron chi connectivity index (χ2n) is 3.54. The average Bonchev–Trinajstić information content (AvgIpc) is 2.56. The number of hydrazine groups is 1. The Morgan fingerprint density at radius 2 is 2.00 bits per heavy atom. The number of carbonyl (C=O) groups excluding carboxylic acids is 2. The fourth-order valence-corrected chi connectivity index (χ4v) is 2.51. The van der Waals surface area contributed by atoms with E-state index < -0.39 is 11.8 Å². The van der Waals surface area contributed by atoms with E-state index in [4.69, 9.17) is 5.84 Å². The Morgan fingerprint density at radius 1 is 1.38 bits per heavy atom. The molecular weight excluding hydrogens is 226 g/mol. The van der Waals surface area contributed by atoms with Crippen molar-refractivity contribution in [1.29, 1.82) is 0 Å². The van der Waals surface area contributed by atoms with Crippen LogP contribution in [0.5, 0.6) is 0 Å². The number of nitrogens with two attached hydrogens (primary N) is 1. The zero-order chi connectivity index (χ0) is 12.3. The average molecular weight is 241 g/mol. The lowest BCUT2D eigenvalue weighted by molar-refractivity contribution is -0.139. The standard InChI is InChI=1S/C10H15N3O2S/c1-5-4-8(7(3)16-5)6(2)12-9(14)10(15)13-11/h4,6H,11H2,1-3H3,(H,12,14)(H,13,15). The second kappa shape index (κ2) is 5.09. The van der Waals surface area contributed by atoms with Crippen LogP contribution in [0.1, 0.15) is 28.3 Å². The quantitative estimate of drug-likeness (QED) is 0.306. The molecule has 1 atom stereocenters. The maximum absolute atomic E-state index is 11.3. The molecule has 0 spiro atoms. The van der Waals surface area contributed by atoms with Gasteiger partial charge in [-0.2, -0.15) is 0 Å². The molecule has 88 valence electrons. The van der Waals surface area contributed by atoms with Gasteiger partial charge in [0.05, 0.1) is 6.04 Å². The second-order valence-corrected chi connectivity index (χ2v) is 5.00.